The summed E-state index contributed by atoms with van der Waals surface area (Å²) in [6.45, 7) is 11.0. The fourth-order valence-corrected chi connectivity index (χ4v) is 3.90. The van der Waals surface area contributed by atoms with Crippen molar-refractivity contribution < 1.29 is 0 Å². The molecule has 18 heavy (non-hydrogen) atoms. The van der Waals surface area contributed by atoms with Crippen LogP contribution in [0.15, 0.2) is 0 Å². The lowest BCUT2D eigenvalue weighted by Crippen LogP contribution is -2.57. The van der Waals surface area contributed by atoms with Crippen molar-refractivity contribution in [2.45, 2.75) is 65.0 Å². The van der Waals surface area contributed by atoms with Gasteiger partial charge in [-0.3, -0.25) is 4.90 Å². The van der Waals surface area contributed by atoms with Crippen LogP contribution in [0.4, 0.5) is 0 Å². The predicted octanol–water partition coefficient (Wildman–Crippen LogP) is 2.89. The zero-order valence-corrected chi connectivity index (χ0v) is 12.4. The lowest BCUT2D eigenvalue weighted by atomic mass is 9.95. The van der Waals surface area contributed by atoms with Gasteiger partial charge in [0.25, 0.3) is 0 Å². The van der Waals surface area contributed by atoms with E-state index in [-0.39, 0.29) is 0 Å². The Kier molecular flexibility index (Phi) is 3.44. The van der Waals surface area contributed by atoms with Gasteiger partial charge in [0.15, 0.2) is 0 Å². The lowest BCUT2D eigenvalue weighted by molar-refractivity contribution is 0.100. The first-order valence-corrected chi connectivity index (χ1v) is 8.06. The Morgan fingerprint density at radius 3 is 2.56 bits per heavy atom. The molecule has 1 N–H and O–H groups in total. The van der Waals surface area contributed by atoms with Crippen LogP contribution in [0, 0.1) is 17.3 Å². The summed E-state index contributed by atoms with van der Waals surface area (Å²) >= 11 is 0. The van der Waals surface area contributed by atoms with Crippen LogP contribution in [0.5, 0.6) is 0 Å². The Morgan fingerprint density at radius 1 is 1.28 bits per heavy atom. The summed E-state index contributed by atoms with van der Waals surface area (Å²) in [5.41, 5.74) is 0.772. The highest BCUT2D eigenvalue weighted by molar-refractivity contribution is 5.06. The summed E-state index contributed by atoms with van der Waals surface area (Å²) < 4.78 is 0. The number of hydrogen-bond acceptors (Lipinski definition) is 2. The second-order valence-corrected chi connectivity index (χ2v) is 7.65. The molecule has 0 aromatic rings. The molecule has 3 rings (SSSR count). The molecule has 3 fully saturated rings. The van der Waals surface area contributed by atoms with E-state index in [0.29, 0.717) is 0 Å². The normalized spacial score (nSPS) is 36.0. The summed E-state index contributed by atoms with van der Waals surface area (Å²) in [5.74, 6) is 1.92. The molecule has 0 radical (unpaired) electrons. The number of nitrogens with one attached hydrogen (secondary N) is 1. The molecule has 1 aliphatic heterocycles. The maximum Gasteiger partial charge on any atom is 0.0198 e. The average molecular weight is 250 g/mol. The molecule has 2 unspecified atom stereocenters. The predicted molar refractivity (Wildman–Crippen MR) is 76.7 cm³/mol. The highest BCUT2D eigenvalue weighted by Gasteiger charge is 2.54. The van der Waals surface area contributed by atoms with Crippen LogP contribution in [0.3, 0.4) is 0 Å². The fraction of sp³-hybridized carbons (Fsp3) is 1.00. The Bertz CT molecular complexity index is 291. The van der Waals surface area contributed by atoms with Gasteiger partial charge in [0.2, 0.25) is 0 Å². The van der Waals surface area contributed by atoms with Gasteiger partial charge in [-0.15, -0.1) is 0 Å². The molecule has 2 atom stereocenters. The minimum absolute atomic E-state index is 0.733. The zero-order chi connectivity index (χ0) is 12.8. The number of rotatable bonds is 5. The van der Waals surface area contributed by atoms with Crippen molar-refractivity contribution in [2.24, 2.45) is 17.3 Å². The first kappa shape index (κ1) is 12.9. The number of piperazine rings is 1. The molecule has 104 valence electrons. The monoisotopic (exact) mass is 250 g/mol. The van der Waals surface area contributed by atoms with E-state index in [1.54, 1.807) is 0 Å². The highest BCUT2D eigenvalue weighted by Crippen LogP contribution is 2.61. The van der Waals surface area contributed by atoms with Gasteiger partial charge in [-0.25, -0.2) is 0 Å². The summed E-state index contributed by atoms with van der Waals surface area (Å²) in [6, 6.07) is 1.47. The Labute approximate surface area is 113 Å². The third-order valence-corrected chi connectivity index (χ3v) is 5.39. The minimum atomic E-state index is 0.733. The average Bonchev–Trinajstić information content (AvgIpc) is 3.12. The van der Waals surface area contributed by atoms with Gasteiger partial charge in [0.1, 0.15) is 0 Å². The van der Waals surface area contributed by atoms with Gasteiger partial charge in [-0.2, -0.15) is 0 Å². The van der Waals surface area contributed by atoms with Crippen LogP contribution in [0.25, 0.3) is 0 Å². The third kappa shape index (κ3) is 2.75. The molecule has 2 heteroatoms. The molecule has 1 heterocycles. The van der Waals surface area contributed by atoms with Crippen LogP contribution in [0.1, 0.15) is 52.9 Å². The Balaban J connectivity index is 1.56. The van der Waals surface area contributed by atoms with E-state index in [4.69, 9.17) is 0 Å². The van der Waals surface area contributed by atoms with Crippen molar-refractivity contribution in [1.82, 2.24) is 10.2 Å². The van der Waals surface area contributed by atoms with Crippen LogP contribution < -0.4 is 5.32 Å². The number of hydrogen-bond donors (Lipinski definition) is 1. The molecule has 0 spiro atoms. The maximum atomic E-state index is 3.74. The standard InChI is InChI=1S/C16H30N2/c1-12(2)8-15-10-18(13(3)9-17-15)11-16(6-7-16)14-4-5-14/h12-15,17H,4-11H2,1-3H3. The summed E-state index contributed by atoms with van der Waals surface area (Å²) in [5, 5.41) is 3.74. The molecule has 2 aliphatic carbocycles. The van der Waals surface area contributed by atoms with Crippen LogP contribution in [0.2, 0.25) is 0 Å². The van der Waals surface area contributed by atoms with Gasteiger partial charge in [0.05, 0.1) is 0 Å². The molecule has 0 bridgehead atoms. The van der Waals surface area contributed by atoms with Crippen molar-refractivity contribution in [3.8, 4) is 0 Å². The molecule has 1 saturated heterocycles. The Morgan fingerprint density at radius 2 is 2.00 bits per heavy atom. The summed E-state index contributed by atoms with van der Waals surface area (Å²) in [7, 11) is 0. The quantitative estimate of drug-likeness (QED) is 0.807. The van der Waals surface area contributed by atoms with E-state index in [1.807, 2.05) is 0 Å². The maximum absolute atomic E-state index is 3.74. The van der Waals surface area contributed by atoms with Crippen LogP contribution >= 0.6 is 0 Å². The topological polar surface area (TPSA) is 15.3 Å². The van der Waals surface area contributed by atoms with Gasteiger partial charge >= 0.3 is 0 Å². The molecule has 0 amide bonds. The van der Waals surface area contributed by atoms with Crippen LogP contribution in [-0.4, -0.2) is 36.6 Å². The lowest BCUT2D eigenvalue weighted by Gasteiger charge is -2.41. The molecular formula is C16H30N2. The second-order valence-electron chi connectivity index (χ2n) is 7.65. The number of nitrogens with zero attached hydrogens (tertiary/aromatic N) is 1. The van der Waals surface area contributed by atoms with Gasteiger partial charge < -0.3 is 5.32 Å². The zero-order valence-electron chi connectivity index (χ0n) is 12.4. The van der Waals surface area contributed by atoms with Gasteiger partial charge in [-0.1, -0.05) is 13.8 Å². The summed E-state index contributed by atoms with van der Waals surface area (Å²) in [6.07, 6.45) is 7.41. The van der Waals surface area contributed by atoms with Crippen molar-refractivity contribution >= 4 is 0 Å². The van der Waals surface area contributed by atoms with E-state index < -0.39 is 0 Å². The second kappa shape index (κ2) is 4.79. The van der Waals surface area contributed by atoms with E-state index in [2.05, 4.69) is 31.0 Å². The molecular weight excluding hydrogens is 220 g/mol. The SMILES string of the molecule is CC(C)CC1CN(CC2(C3CC3)CC2)C(C)CN1. The first-order valence-electron chi connectivity index (χ1n) is 8.06. The van der Waals surface area contributed by atoms with Crippen molar-refractivity contribution in [3.05, 3.63) is 0 Å². The smallest absolute Gasteiger partial charge is 0.0198 e. The van der Waals surface area contributed by atoms with Crippen LogP contribution in [-0.2, 0) is 0 Å². The molecule has 0 aromatic carbocycles. The first-order chi connectivity index (χ1) is 8.59. The van der Waals surface area contributed by atoms with Gasteiger partial charge in [0, 0.05) is 31.7 Å². The van der Waals surface area contributed by atoms with Crippen molar-refractivity contribution in [1.29, 1.82) is 0 Å². The van der Waals surface area contributed by atoms with Crippen molar-refractivity contribution in [2.75, 3.05) is 19.6 Å². The van der Waals surface area contributed by atoms with E-state index in [0.717, 1.165) is 29.3 Å². The van der Waals surface area contributed by atoms with E-state index in [1.165, 1.54) is 51.7 Å². The highest BCUT2D eigenvalue weighted by atomic mass is 15.2. The van der Waals surface area contributed by atoms with E-state index in [9.17, 15) is 0 Å². The van der Waals surface area contributed by atoms with Crippen molar-refractivity contribution in [3.63, 3.8) is 0 Å². The molecule has 2 nitrogen and oxygen atoms in total. The Hall–Kier alpha value is -0.0800. The molecule has 2 saturated carbocycles. The third-order valence-electron chi connectivity index (χ3n) is 5.39. The van der Waals surface area contributed by atoms with Gasteiger partial charge in [-0.05, 0) is 56.3 Å². The minimum Gasteiger partial charge on any atom is -0.311 e. The fourth-order valence-electron chi connectivity index (χ4n) is 3.90. The van der Waals surface area contributed by atoms with E-state index >= 15 is 0 Å². The molecule has 3 aliphatic rings. The largest absolute Gasteiger partial charge is 0.311 e. The molecule has 0 aromatic heterocycles. The summed E-state index contributed by atoms with van der Waals surface area (Å²) in [4.78, 5) is 2.80.